The van der Waals surface area contributed by atoms with Gasteiger partial charge in [-0.1, -0.05) is 0 Å². The Balaban J connectivity index is 2.19. The Morgan fingerprint density at radius 3 is 2.76 bits per heavy atom. The lowest BCUT2D eigenvalue weighted by Gasteiger charge is -2.39. The summed E-state index contributed by atoms with van der Waals surface area (Å²) >= 11 is 0. The van der Waals surface area contributed by atoms with E-state index in [-0.39, 0.29) is 5.54 Å². The molecule has 0 saturated carbocycles. The van der Waals surface area contributed by atoms with Crippen molar-refractivity contribution in [1.82, 2.24) is 15.3 Å². The number of rotatable bonds is 2. The van der Waals surface area contributed by atoms with Crippen LogP contribution in [-0.4, -0.2) is 49.2 Å². The highest BCUT2D eigenvalue weighted by molar-refractivity contribution is 5.49. The Labute approximate surface area is 103 Å². The van der Waals surface area contributed by atoms with Crippen LogP contribution in [0.15, 0.2) is 12.4 Å². The molecule has 0 unspecified atom stereocenters. The summed E-state index contributed by atoms with van der Waals surface area (Å²) in [7, 11) is 3.99. The zero-order valence-corrected chi connectivity index (χ0v) is 11.1. The molecular formula is C12H21N5. The van der Waals surface area contributed by atoms with Crippen LogP contribution < -0.4 is 15.1 Å². The summed E-state index contributed by atoms with van der Waals surface area (Å²) in [5.74, 6) is 1.96. The van der Waals surface area contributed by atoms with Crippen LogP contribution in [0.2, 0.25) is 0 Å². The van der Waals surface area contributed by atoms with Crippen molar-refractivity contribution in [2.24, 2.45) is 0 Å². The van der Waals surface area contributed by atoms with Gasteiger partial charge in [-0.15, -0.1) is 0 Å². The van der Waals surface area contributed by atoms with E-state index in [2.05, 4.69) is 34.0 Å². The molecule has 5 nitrogen and oxygen atoms in total. The van der Waals surface area contributed by atoms with Gasteiger partial charge < -0.3 is 15.1 Å². The Bertz CT molecular complexity index is 388. The van der Waals surface area contributed by atoms with Gasteiger partial charge in [0, 0.05) is 45.3 Å². The number of hydrogen-bond acceptors (Lipinski definition) is 5. The van der Waals surface area contributed by atoms with E-state index in [1.165, 1.54) is 0 Å². The predicted octanol–water partition coefficient (Wildman–Crippen LogP) is 0.731. The van der Waals surface area contributed by atoms with E-state index in [0.29, 0.717) is 0 Å². The van der Waals surface area contributed by atoms with Crippen LogP contribution in [0.1, 0.15) is 13.8 Å². The first-order chi connectivity index (χ1) is 7.98. The number of nitrogens with one attached hydrogen (secondary N) is 1. The summed E-state index contributed by atoms with van der Waals surface area (Å²) in [5.41, 5.74) is 0.140. The number of aromatic nitrogens is 2. The average Bonchev–Trinajstić information content (AvgIpc) is 2.28. The molecule has 1 saturated heterocycles. The molecule has 1 fully saturated rings. The molecule has 1 aromatic rings. The Kier molecular flexibility index (Phi) is 3.19. The number of anilines is 2. The van der Waals surface area contributed by atoms with Crippen LogP contribution in [0.3, 0.4) is 0 Å². The average molecular weight is 235 g/mol. The third-order valence-electron chi connectivity index (χ3n) is 2.99. The zero-order chi connectivity index (χ0) is 12.5. The first kappa shape index (κ1) is 12.1. The minimum absolute atomic E-state index is 0.140. The van der Waals surface area contributed by atoms with Gasteiger partial charge in [0.1, 0.15) is 18.0 Å². The molecule has 1 aromatic heterocycles. The molecule has 1 aliphatic rings. The van der Waals surface area contributed by atoms with Crippen LogP contribution in [0.4, 0.5) is 11.6 Å². The van der Waals surface area contributed by atoms with Crippen LogP contribution in [0.5, 0.6) is 0 Å². The van der Waals surface area contributed by atoms with Crippen molar-refractivity contribution < 1.29 is 0 Å². The molecule has 0 amide bonds. The summed E-state index contributed by atoms with van der Waals surface area (Å²) < 4.78 is 0. The van der Waals surface area contributed by atoms with Gasteiger partial charge in [-0.25, -0.2) is 9.97 Å². The summed E-state index contributed by atoms with van der Waals surface area (Å²) in [6.07, 6.45) is 1.64. The van der Waals surface area contributed by atoms with Gasteiger partial charge in [-0.2, -0.15) is 0 Å². The van der Waals surface area contributed by atoms with E-state index in [4.69, 9.17) is 0 Å². The lowest BCUT2D eigenvalue weighted by atomic mass is 10.0. The summed E-state index contributed by atoms with van der Waals surface area (Å²) in [6, 6.07) is 2.04. The third kappa shape index (κ3) is 2.85. The molecule has 0 bridgehead atoms. The fraction of sp³-hybridized carbons (Fsp3) is 0.667. The van der Waals surface area contributed by atoms with Gasteiger partial charge in [0.2, 0.25) is 0 Å². The first-order valence-electron chi connectivity index (χ1n) is 5.97. The molecule has 2 rings (SSSR count). The highest BCUT2D eigenvalue weighted by Gasteiger charge is 2.26. The van der Waals surface area contributed by atoms with Crippen LogP contribution in [0.25, 0.3) is 0 Å². The molecule has 0 spiro atoms. The van der Waals surface area contributed by atoms with Crippen molar-refractivity contribution in [1.29, 1.82) is 0 Å². The summed E-state index contributed by atoms with van der Waals surface area (Å²) in [4.78, 5) is 12.9. The maximum absolute atomic E-state index is 4.37. The van der Waals surface area contributed by atoms with Crippen molar-refractivity contribution >= 4 is 11.6 Å². The molecule has 17 heavy (non-hydrogen) atoms. The largest absolute Gasteiger partial charge is 0.363 e. The van der Waals surface area contributed by atoms with Crippen molar-refractivity contribution in [3.8, 4) is 0 Å². The fourth-order valence-electron chi connectivity index (χ4n) is 2.09. The van der Waals surface area contributed by atoms with E-state index < -0.39 is 0 Å². The van der Waals surface area contributed by atoms with Gasteiger partial charge in [0.25, 0.3) is 0 Å². The molecule has 5 heteroatoms. The summed E-state index contributed by atoms with van der Waals surface area (Å²) in [5, 5.41) is 3.50. The molecule has 2 heterocycles. The predicted molar refractivity (Wildman–Crippen MR) is 70.7 cm³/mol. The molecule has 1 aliphatic heterocycles. The number of hydrogen-bond donors (Lipinski definition) is 1. The van der Waals surface area contributed by atoms with Crippen LogP contribution in [0, 0.1) is 0 Å². The topological polar surface area (TPSA) is 44.3 Å². The molecule has 1 N–H and O–H groups in total. The highest BCUT2D eigenvalue weighted by atomic mass is 15.3. The number of nitrogens with zero attached hydrogens (tertiary/aromatic N) is 4. The van der Waals surface area contributed by atoms with E-state index in [0.717, 1.165) is 31.3 Å². The van der Waals surface area contributed by atoms with Crippen LogP contribution >= 0.6 is 0 Å². The minimum atomic E-state index is 0.140. The van der Waals surface area contributed by atoms with Gasteiger partial charge >= 0.3 is 0 Å². The molecule has 94 valence electrons. The normalized spacial score (nSPS) is 19.2. The molecule has 0 aliphatic carbocycles. The monoisotopic (exact) mass is 235 g/mol. The standard InChI is InChI=1S/C12H21N5/c1-12(2)8-17(6-5-15-12)11-7-10(16(3)4)13-9-14-11/h7,9,15H,5-6,8H2,1-4H3. The minimum Gasteiger partial charge on any atom is -0.363 e. The summed E-state index contributed by atoms with van der Waals surface area (Å²) in [6.45, 7) is 7.39. The van der Waals surface area contributed by atoms with E-state index in [1.807, 2.05) is 25.1 Å². The van der Waals surface area contributed by atoms with Gasteiger partial charge in [0.15, 0.2) is 0 Å². The second-order valence-electron chi connectivity index (χ2n) is 5.36. The Morgan fingerprint density at radius 2 is 2.12 bits per heavy atom. The van der Waals surface area contributed by atoms with E-state index >= 15 is 0 Å². The Morgan fingerprint density at radius 1 is 1.35 bits per heavy atom. The maximum Gasteiger partial charge on any atom is 0.134 e. The lowest BCUT2D eigenvalue weighted by Crippen LogP contribution is -2.57. The van der Waals surface area contributed by atoms with Gasteiger partial charge in [-0.05, 0) is 13.8 Å². The van der Waals surface area contributed by atoms with Crippen molar-refractivity contribution in [3.63, 3.8) is 0 Å². The van der Waals surface area contributed by atoms with Crippen LogP contribution in [-0.2, 0) is 0 Å². The highest BCUT2D eigenvalue weighted by Crippen LogP contribution is 2.20. The van der Waals surface area contributed by atoms with Crippen molar-refractivity contribution in [3.05, 3.63) is 12.4 Å². The van der Waals surface area contributed by atoms with Crippen molar-refractivity contribution in [2.45, 2.75) is 19.4 Å². The fourth-order valence-corrected chi connectivity index (χ4v) is 2.09. The second kappa shape index (κ2) is 4.49. The van der Waals surface area contributed by atoms with E-state index in [1.54, 1.807) is 6.33 Å². The molecule has 0 radical (unpaired) electrons. The van der Waals surface area contributed by atoms with Crippen molar-refractivity contribution in [2.75, 3.05) is 43.5 Å². The molecular weight excluding hydrogens is 214 g/mol. The smallest absolute Gasteiger partial charge is 0.134 e. The quantitative estimate of drug-likeness (QED) is 0.819. The number of piperazine rings is 1. The zero-order valence-electron chi connectivity index (χ0n) is 11.1. The molecule has 0 aromatic carbocycles. The second-order valence-corrected chi connectivity index (χ2v) is 5.36. The maximum atomic E-state index is 4.37. The lowest BCUT2D eigenvalue weighted by molar-refractivity contribution is 0.351. The first-order valence-corrected chi connectivity index (χ1v) is 5.97. The Hall–Kier alpha value is -1.36. The molecule has 0 atom stereocenters. The SMILES string of the molecule is CN(C)c1cc(N2CCNC(C)(C)C2)ncn1. The van der Waals surface area contributed by atoms with E-state index in [9.17, 15) is 0 Å². The van der Waals surface area contributed by atoms with Gasteiger partial charge in [-0.3, -0.25) is 0 Å². The third-order valence-corrected chi connectivity index (χ3v) is 2.99. The van der Waals surface area contributed by atoms with Gasteiger partial charge in [0.05, 0.1) is 0 Å².